The van der Waals surface area contributed by atoms with Crippen molar-refractivity contribution in [3.63, 3.8) is 0 Å². The molecule has 0 radical (unpaired) electrons. The molecule has 4 aromatic rings. The van der Waals surface area contributed by atoms with E-state index in [1.54, 1.807) is 11.8 Å². The maximum atomic E-state index is 6.13. The molecule has 1 aromatic heterocycles. The summed E-state index contributed by atoms with van der Waals surface area (Å²) in [6.45, 7) is 0. The Morgan fingerprint density at radius 2 is 1.73 bits per heavy atom. The Hall–Kier alpha value is -2.76. The van der Waals surface area contributed by atoms with Gasteiger partial charge in [-0.15, -0.1) is 10.2 Å². The predicted octanol–water partition coefficient (Wildman–Crippen LogP) is 5.40. The van der Waals surface area contributed by atoms with Gasteiger partial charge in [-0.2, -0.15) is 0 Å². The summed E-state index contributed by atoms with van der Waals surface area (Å²) in [5.74, 6) is 0.737. The van der Waals surface area contributed by atoms with Gasteiger partial charge in [0.1, 0.15) is 0 Å². The molecule has 2 heterocycles. The van der Waals surface area contributed by atoms with E-state index in [4.69, 9.17) is 11.6 Å². The van der Waals surface area contributed by atoms with Crippen molar-refractivity contribution in [2.45, 2.75) is 5.16 Å². The molecule has 0 unspecified atom stereocenters. The lowest BCUT2D eigenvalue weighted by molar-refractivity contribution is 0.826. The van der Waals surface area contributed by atoms with Crippen LogP contribution in [0, 0.1) is 0 Å². The molecule has 4 nitrogen and oxygen atoms in total. The molecule has 5 rings (SSSR count). The highest BCUT2D eigenvalue weighted by atomic mass is 35.5. The maximum Gasteiger partial charge on any atom is 0.214 e. The summed E-state index contributed by atoms with van der Waals surface area (Å²) in [6.07, 6.45) is 0. The molecular formula is C20H13ClN4S. The Labute approximate surface area is 159 Å². The molecule has 0 atom stereocenters. The lowest BCUT2D eigenvalue weighted by Gasteiger charge is -2.19. The monoisotopic (exact) mass is 376 g/mol. The van der Waals surface area contributed by atoms with Gasteiger partial charge in [-0.25, -0.2) is 4.68 Å². The fourth-order valence-corrected chi connectivity index (χ4v) is 3.94. The fourth-order valence-electron chi connectivity index (χ4n) is 3.01. The first kappa shape index (κ1) is 15.5. The van der Waals surface area contributed by atoms with Crippen LogP contribution in [0.15, 0.2) is 77.3 Å². The average Bonchev–Trinajstić information content (AvgIpc) is 3.11. The van der Waals surface area contributed by atoms with Gasteiger partial charge in [0.2, 0.25) is 5.16 Å². The molecule has 0 bridgehead atoms. The van der Waals surface area contributed by atoms with E-state index in [-0.39, 0.29) is 0 Å². The molecule has 26 heavy (non-hydrogen) atoms. The molecule has 1 aliphatic rings. The molecule has 1 aliphatic heterocycles. The van der Waals surface area contributed by atoms with Crippen molar-refractivity contribution in [2.75, 3.05) is 5.43 Å². The molecule has 0 saturated carbocycles. The number of hydrogen-bond donors (Lipinski definition) is 1. The van der Waals surface area contributed by atoms with Crippen LogP contribution in [0.2, 0.25) is 5.02 Å². The maximum absolute atomic E-state index is 6.13. The summed E-state index contributed by atoms with van der Waals surface area (Å²) >= 11 is 7.68. The Balaban J connectivity index is 1.54. The van der Waals surface area contributed by atoms with E-state index in [2.05, 4.69) is 63.5 Å². The van der Waals surface area contributed by atoms with Crippen LogP contribution in [0.1, 0.15) is 5.56 Å². The van der Waals surface area contributed by atoms with E-state index < -0.39 is 0 Å². The molecule has 126 valence electrons. The summed E-state index contributed by atoms with van der Waals surface area (Å²) in [4.78, 5) is 0. The summed E-state index contributed by atoms with van der Waals surface area (Å²) in [7, 11) is 0. The number of aromatic nitrogens is 3. The quantitative estimate of drug-likeness (QED) is 0.508. The Morgan fingerprint density at radius 3 is 2.62 bits per heavy atom. The normalized spacial score (nSPS) is 13.2. The number of halogens is 1. The van der Waals surface area contributed by atoms with Crippen LogP contribution >= 0.6 is 23.4 Å². The van der Waals surface area contributed by atoms with Crippen LogP contribution < -0.4 is 5.43 Å². The van der Waals surface area contributed by atoms with Crippen molar-refractivity contribution in [3.8, 4) is 11.4 Å². The second-order valence-corrected chi connectivity index (χ2v) is 7.25. The molecule has 6 heteroatoms. The molecule has 0 saturated heterocycles. The average molecular weight is 377 g/mol. The largest absolute Gasteiger partial charge is 0.289 e. The topological polar surface area (TPSA) is 42.7 Å². The standard InChI is InChI=1S/C20H13ClN4S/c21-17-7-3-6-16(11-17)19-22-23-20-25(19)24-18(12-26-20)15-9-8-13-4-1-2-5-14(13)10-15/h1-12,24H. The third kappa shape index (κ3) is 2.66. The number of benzene rings is 3. The van der Waals surface area contributed by atoms with Gasteiger partial charge in [0, 0.05) is 21.6 Å². The van der Waals surface area contributed by atoms with E-state index in [0.29, 0.717) is 5.02 Å². The Morgan fingerprint density at radius 1 is 0.846 bits per heavy atom. The van der Waals surface area contributed by atoms with E-state index in [9.17, 15) is 0 Å². The van der Waals surface area contributed by atoms with Crippen LogP contribution in [0.5, 0.6) is 0 Å². The van der Waals surface area contributed by atoms with Gasteiger partial charge >= 0.3 is 0 Å². The molecule has 1 N–H and O–H groups in total. The smallest absolute Gasteiger partial charge is 0.214 e. The summed E-state index contributed by atoms with van der Waals surface area (Å²) < 4.78 is 1.90. The first-order valence-corrected chi connectivity index (χ1v) is 9.38. The number of nitrogens with zero attached hydrogens (tertiary/aromatic N) is 3. The van der Waals surface area contributed by atoms with Gasteiger partial charge in [-0.05, 0) is 29.0 Å². The van der Waals surface area contributed by atoms with Crippen LogP contribution in [0.4, 0.5) is 0 Å². The molecule has 0 spiro atoms. The number of thioether (sulfide) groups is 1. The highest BCUT2D eigenvalue weighted by Crippen LogP contribution is 2.32. The van der Waals surface area contributed by atoms with Crippen molar-refractivity contribution >= 4 is 39.8 Å². The van der Waals surface area contributed by atoms with Crippen LogP contribution in [-0.2, 0) is 0 Å². The minimum atomic E-state index is 0.675. The summed E-state index contributed by atoms with van der Waals surface area (Å²) in [5.41, 5.74) is 6.48. The number of rotatable bonds is 2. The minimum Gasteiger partial charge on any atom is -0.289 e. The third-order valence-corrected chi connectivity index (χ3v) is 5.35. The summed E-state index contributed by atoms with van der Waals surface area (Å²) in [5, 5.41) is 14.6. The summed E-state index contributed by atoms with van der Waals surface area (Å²) in [6, 6.07) is 22.4. The zero-order valence-electron chi connectivity index (χ0n) is 13.6. The zero-order valence-corrected chi connectivity index (χ0v) is 15.1. The first-order chi connectivity index (χ1) is 12.8. The third-order valence-electron chi connectivity index (χ3n) is 4.29. The highest BCUT2D eigenvalue weighted by Gasteiger charge is 2.19. The SMILES string of the molecule is Clc1cccc(-c2nnc3n2NC(c2ccc4ccccc4c2)=CS3)c1. The van der Waals surface area contributed by atoms with Crippen molar-refractivity contribution < 1.29 is 0 Å². The van der Waals surface area contributed by atoms with Crippen molar-refractivity contribution in [3.05, 3.63) is 82.7 Å². The number of fused-ring (bicyclic) bond motifs is 2. The van der Waals surface area contributed by atoms with Crippen LogP contribution in [0.3, 0.4) is 0 Å². The Bertz CT molecular complexity index is 1170. The van der Waals surface area contributed by atoms with Crippen LogP contribution in [0.25, 0.3) is 27.9 Å². The lowest BCUT2D eigenvalue weighted by Crippen LogP contribution is -2.18. The van der Waals surface area contributed by atoms with Gasteiger partial charge in [0.15, 0.2) is 5.82 Å². The van der Waals surface area contributed by atoms with Crippen molar-refractivity contribution in [1.29, 1.82) is 0 Å². The fraction of sp³-hybridized carbons (Fsp3) is 0. The molecule has 0 aliphatic carbocycles. The van der Waals surface area contributed by atoms with E-state index in [1.165, 1.54) is 10.8 Å². The predicted molar refractivity (Wildman–Crippen MR) is 108 cm³/mol. The first-order valence-electron chi connectivity index (χ1n) is 8.12. The van der Waals surface area contributed by atoms with Crippen molar-refractivity contribution in [1.82, 2.24) is 14.9 Å². The van der Waals surface area contributed by atoms with Gasteiger partial charge < -0.3 is 0 Å². The lowest BCUT2D eigenvalue weighted by atomic mass is 10.1. The molecule has 0 fully saturated rings. The number of nitrogens with one attached hydrogen (secondary N) is 1. The highest BCUT2D eigenvalue weighted by molar-refractivity contribution is 8.02. The van der Waals surface area contributed by atoms with E-state index in [1.807, 2.05) is 28.9 Å². The second-order valence-electron chi connectivity index (χ2n) is 5.98. The zero-order chi connectivity index (χ0) is 17.5. The van der Waals surface area contributed by atoms with Crippen LogP contribution in [-0.4, -0.2) is 14.9 Å². The van der Waals surface area contributed by atoms with Crippen molar-refractivity contribution in [2.24, 2.45) is 0 Å². The molecular weight excluding hydrogens is 364 g/mol. The van der Waals surface area contributed by atoms with Gasteiger partial charge in [0.25, 0.3) is 0 Å². The van der Waals surface area contributed by atoms with Gasteiger partial charge in [-0.1, -0.05) is 71.9 Å². The number of hydrogen-bond acceptors (Lipinski definition) is 4. The van der Waals surface area contributed by atoms with Gasteiger partial charge in [-0.3, -0.25) is 5.43 Å². The Kier molecular flexibility index (Phi) is 3.69. The van der Waals surface area contributed by atoms with E-state index >= 15 is 0 Å². The van der Waals surface area contributed by atoms with E-state index in [0.717, 1.165) is 27.8 Å². The molecule has 0 amide bonds. The minimum absolute atomic E-state index is 0.675. The van der Waals surface area contributed by atoms with Gasteiger partial charge in [0.05, 0.1) is 5.70 Å². The molecule has 3 aromatic carbocycles. The second kappa shape index (κ2) is 6.20.